The number of aldehydes is 1. The number of fused-ring (bicyclic) bond motifs is 1. The van der Waals surface area contributed by atoms with E-state index >= 15 is 0 Å². The van der Waals surface area contributed by atoms with Crippen molar-refractivity contribution in [3.05, 3.63) is 83.9 Å². The summed E-state index contributed by atoms with van der Waals surface area (Å²) < 4.78 is 0. The van der Waals surface area contributed by atoms with Crippen molar-refractivity contribution in [1.29, 1.82) is 0 Å². The van der Waals surface area contributed by atoms with Crippen molar-refractivity contribution in [3.63, 3.8) is 0 Å². The second-order valence-corrected chi connectivity index (χ2v) is 6.58. The monoisotopic (exact) mass is 345 g/mol. The highest BCUT2D eigenvalue weighted by Gasteiger charge is 2.24. The van der Waals surface area contributed by atoms with E-state index in [-0.39, 0.29) is 11.8 Å². The minimum absolute atomic E-state index is 0.0472. The lowest BCUT2D eigenvalue weighted by Gasteiger charge is -2.24. The molecule has 26 heavy (non-hydrogen) atoms. The molecular formula is C23H23NO2. The van der Waals surface area contributed by atoms with Crippen LogP contribution in [0.15, 0.2) is 72.8 Å². The molecule has 3 aromatic rings. The van der Waals surface area contributed by atoms with Gasteiger partial charge in [-0.3, -0.25) is 4.79 Å². The van der Waals surface area contributed by atoms with Crippen LogP contribution >= 0.6 is 0 Å². The maximum absolute atomic E-state index is 13.1. The van der Waals surface area contributed by atoms with Crippen LogP contribution in [0.1, 0.15) is 29.9 Å². The van der Waals surface area contributed by atoms with Gasteiger partial charge >= 0.3 is 0 Å². The summed E-state index contributed by atoms with van der Waals surface area (Å²) in [5.41, 5.74) is 2.06. The number of hydrogen-bond acceptors (Lipinski definition) is 2. The number of hydrogen-bond donors (Lipinski definition) is 0. The fourth-order valence-corrected chi connectivity index (χ4v) is 3.29. The van der Waals surface area contributed by atoms with Crippen molar-refractivity contribution in [2.75, 3.05) is 7.05 Å². The van der Waals surface area contributed by atoms with E-state index in [2.05, 4.69) is 12.1 Å². The molecule has 0 saturated heterocycles. The maximum atomic E-state index is 13.1. The summed E-state index contributed by atoms with van der Waals surface area (Å²) >= 11 is 0. The zero-order chi connectivity index (χ0) is 18.4. The molecule has 0 radical (unpaired) electrons. The topological polar surface area (TPSA) is 37.4 Å². The summed E-state index contributed by atoms with van der Waals surface area (Å²) in [5, 5.41) is 2.26. The predicted octanol–water partition coefficient (Wildman–Crippen LogP) is 4.56. The average molecular weight is 345 g/mol. The molecule has 3 rings (SSSR count). The average Bonchev–Trinajstić information content (AvgIpc) is 2.68. The lowest BCUT2D eigenvalue weighted by molar-refractivity contribution is -0.132. The molecule has 1 unspecified atom stereocenters. The Morgan fingerprint density at radius 3 is 2.38 bits per heavy atom. The molecule has 0 heterocycles. The van der Waals surface area contributed by atoms with Crippen molar-refractivity contribution in [3.8, 4) is 0 Å². The Morgan fingerprint density at radius 2 is 1.65 bits per heavy atom. The molecule has 0 fully saturated rings. The molecule has 0 bridgehead atoms. The quantitative estimate of drug-likeness (QED) is 0.589. The molecule has 3 aromatic carbocycles. The van der Waals surface area contributed by atoms with E-state index in [0.717, 1.165) is 28.2 Å². The predicted molar refractivity (Wildman–Crippen MR) is 105 cm³/mol. The van der Waals surface area contributed by atoms with Crippen molar-refractivity contribution in [1.82, 2.24) is 4.90 Å². The number of carbonyl (C=O) groups is 2. The van der Waals surface area contributed by atoms with Crippen LogP contribution in [0.4, 0.5) is 0 Å². The SMILES string of the molecule is CN(Cc1ccccc1)C(=O)C(CCC=O)c1ccc2ccccc2c1. The molecular weight excluding hydrogens is 322 g/mol. The van der Waals surface area contributed by atoms with Gasteiger partial charge in [0.05, 0.1) is 5.92 Å². The molecule has 1 atom stereocenters. The van der Waals surface area contributed by atoms with Crippen LogP contribution in [0.5, 0.6) is 0 Å². The standard InChI is InChI=1S/C23H23NO2/c1-24(17-18-8-3-2-4-9-18)23(26)22(12-7-15-25)21-14-13-19-10-5-6-11-20(19)16-21/h2-6,8-11,13-16,22H,7,12,17H2,1H3. The van der Waals surface area contributed by atoms with Crippen LogP contribution in [-0.2, 0) is 16.1 Å². The summed E-state index contributed by atoms with van der Waals surface area (Å²) in [6.45, 7) is 0.560. The molecule has 3 nitrogen and oxygen atoms in total. The van der Waals surface area contributed by atoms with Crippen LogP contribution in [-0.4, -0.2) is 24.1 Å². The van der Waals surface area contributed by atoms with E-state index in [1.165, 1.54) is 0 Å². The Bertz CT molecular complexity index is 889. The number of amides is 1. The second kappa shape index (κ2) is 8.43. The third kappa shape index (κ3) is 4.17. The zero-order valence-corrected chi connectivity index (χ0v) is 15.0. The van der Waals surface area contributed by atoms with Crippen molar-refractivity contribution >= 4 is 23.0 Å². The Balaban J connectivity index is 1.85. The first-order valence-corrected chi connectivity index (χ1v) is 8.90. The number of carbonyl (C=O) groups excluding carboxylic acids is 2. The lowest BCUT2D eigenvalue weighted by atomic mass is 9.91. The maximum Gasteiger partial charge on any atom is 0.230 e. The molecule has 0 aliphatic rings. The number of nitrogens with zero attached hydrogens (tertiary/aromatic N) is 1. The summed E-state index contributed by atoms with van der Waals surface area (Å²) in [6, 6.07) is 24.2. The number of rotatable bonds is 7. The lowest BCUT2D eigenvalue weighted by Crippen LogP contribution is -2.31. The van der Waals surface area contributed by atoms with Gasteiger partial charge in [0.2, 0.25) is 5.91 Å². The summed E-state index contributed by atoms with van der Waals surface area (Å²) in [6.07, 6.45) is 1.79. The van der Waals surface area contributed by atoms with Gasteiger partial charge in [-0.1, -0.05) is 72.8 Å². The molecule has 0 aromatic heterocycles. The number of benzene rings is 3. The molecule has 0 saturated carbocycles. The van der Waals surface area contributed by atoms with E-state index in [9.17, 15) is 9.59 Å². The van der Waals surface area contributed by atoms with Crippen molar-refractivity contribution in [2.45, 2.75) is 25.3 Å². The first-order chi connectivity index (χ1) is 12.7. The highest BCUT2D eigenvalue weighted by Crippen LogP contribution is 2.27. The Kier molecular flexibility index (Phi) is 5.80. The third-order valence-corrected chi connectivity index (χ3v) is 4.69. The van der Waals surface area contributed by atoms with Crippen LogP contribution < -0.4 is 0 Å². The van der Waals surface area contributed by atoms with E-state index in [1.807, 2.05) is 67.7 Å². The fraction of sp³-hybridized carbons (Fsp3) is 0.217. The van der Waals surface area contributed by atoms with Gasteiger partial charge in [0.1, 0.15) is 6.29 Å². The van der Waals surface area contributed by atoms with E-state index < -0.39 is 0 Å². The van der Waals surface area contributed by atoms with Gasteiger partial charge in [-0.2, -0.15) is 0 Å². The Labute approximate surface area is 154 Å². The van der Waals surface area contributed by atoms with E-state index in [0.29, 0.717) is 19.4 Å². The first kappa shape index (κ1) is 17.9. The van der Waals surface area contributed by atoms with Crippen LogP contribution in [0.2, 0.25) is 0 Å². The normalized spacial score (nSPS) is 11.9. The van der Waals surface area contributed by atoms with Gasteiger partial charge in [-0.05, 0) is 28.3 Å². The Hall–Kier alpha value is -2.94. The van der Waals surface area contributed by atoms with Gasteiger partial charge in [0, 0.05) is 20.0 Å². The van der Waals surface area contributed by atoms with Gasteiger partial charge in [0.25, 0.3) is 0 Å². The second-order valence-electron chi connectivity index (χ2n) is 6.58. The van der Waals surface area contributed by atoms with Crippen molar-refractivity contribution < 1.29 is 9.59 Å². The summed E-state index contributed by atoms with van der Waals surface area (Å²) in [5.74, 6) is -0.260. The van der Waals surface area contributed by atoms with Gasteiger partial charge in [0.15, 0.2) is 0 Å². The molecule has 132 valence electrons. The minimum atomic E-state index is -0.307. The van der Waals surface area contributed by atoms with Gasteiger partial charge in [-0.15, -0.1) is 0 Å². The molecule has 0 aliphatic carbocycles. The fourth-order valence-electron chi connectivity index (χ4n) is 3.29. The summed E-state index contributed by atoms with van der Waals surface area (Å²) in [7, 11) is 1.82. The van der Waals surface area contributed by atoms with Crippen LogP contribution in [0.25, 0.3) is 10.8 Å². The molecule has 0 N–H and O–H groups in total. The number of likely N-dealkylation sites (N-methyl/N-ethyl adjacent to an activating group) is 1. The Morgan fingerprint density at radius 1 is 0.962 bits per heavy atom. The summed E-state index contributed by atoms with van der Waals surface area (Å²) in [4.78, 5) is 25.8. The smallest absolute Gasteiger partial charge is 0.230 e. The molecule has 0 spiro atoms. The van der Waals surface area contributed by atoms with E-state index in [4.69, 9.17) is 0 Å². The molecule has 3 heteroatoms. The highest BCUT2D eigenvalue weighted by atomic mass is 16.2. The first-order valence-electron chi connectivity index (χ1n) is 8.90. The minimum Gasteiger partial charge on any atom is -0.341 e. The third-order valence-electron chi connectivity index (χ3n) is 4.69. The molecule has 1 amide bonds. The van der Waals surface area contributed by atoms with Gasteiger partial charge < -0.3 is 9.69 Å². The largest absolute Gasteiger partial charge is 0.341 e. The zero-order valence-electron chi connectivity index (χ0n) is 15.0. The van der Waals surface area contributed by atoms with Crippen molar-refractivity contribution in [2.24, 2.45) is 0 Å². The van der Waals surface area contributed by atoms with Gasteiger partial charge in [-0.25, -0.2) is 0 Å². The highest BCUT2D eigenvalue weighted by molar-refractivity contribution is 5.88. The van der Waals surface area contributed by atoms with Crippen LogP contribution in [0, 0.1) is 0 Å². The van der Waals surface area contributed by atoms with Crippen LogP contribution in [0.3, 0.4) is 0 Å². The van der Waals surface area contributed by atoms with E-state index in [1.54, 1.807) is 4.90 Å². The molecule has 0 aliphatic heterocycles.